The summed E-state index contributed by atoms with van der Waals surface area (Å²) in [7, 11) is 0. The molecule has 7 heteroatoms. The highest BCUT2D eigenvalue weighted by Gasteiger charge is 2.19. The van der Waals surface area contributed by atoms with Gasteiger partial charge in [0.1, 0.15) is 16.9 Å². The zero-order chi connectivity index (χ0) is 21.3. The van der Waals surface area contributed by atoms with Crippen LogP contribution in [0.25, 0.3) is 21.9 Å². The Labute approximate surface area is 167 Å². The first-order valence-electron chi connectivity index (χ1n) is 9.69. The second kappa shape index (κ2) is 8.11. The number of benzene rings is 1. The van der Waals surface area contributed by atoms with Gasteiger partial charge in [-0.25, -0.2) is 4.79 Å². The van der Waals surface area contributed by atoms with Crippen molar-refractivity contribution in [3.8, 4) is 0 Å². The van der Waals surface area contributed by atoms with Gasteiger partial charge in [0.15, 0.2) is 0 Å². The minimum absolute atomic E-state index is 0.208. The maximum atomic E-state index is 12.5. The third kappa shape index (κ3) is 4.04. The Morgan fingerprint density at radius 1 is 1.07 bits per heavy atom. The van der Waals surface area contributed by atoms with Gasteiger partial charge in [0, 0.05) is 16.8 Å². The number of furan rings is 1. The first kappa shape index (κ1) is 20.6. The Bertz CT molecular complexity index is 1150. The van der Waals surface area contributed by atoms with Crippen LogP contribution in [0.2, 0.25) is 0 Å². The molecule has 1 atom stereocenters. The Kier molecular flexibility index (Phi) is 5.77. The summed E-state index contributed by atoms with van der Waals surface area (Å²) in [5.41, 5.74) is 2.23. The lowest BCUT2D eigenvalue weighted by Crippen LogP contribution is -2.48. The highest BCUT2D eigenvalue weighted by atomic mass is 16.4. The molecule has 29 heavy (non-hydrogen) atoms. The van der Waals surface area contributed by atoms with E-state index in [0.29, 0.717) is 28.5 Å². The monoisotopic (exact) mass is 398 g/mol. The van der Waals surface area contributed by atoms with E-state index in [2.05, 4.69) is 5.32 Å². The molecule has 0 aliphatic heterocycles. The fraction of sp³-hybridized carbons (Fsp3) is 0.409. The van der Waals surface area contributed by atoms with E-state index in [1.807, 2.05) is 26.8 Å². The van der Waals surface area contributed by atoms with Gasteiger partial charge in [-0.3, -0.25) is 4.79 Å². The van der Waals surface area contributed by atoms with Gasteiger partial charge in [-0.1, -0.05) is 19.8 Å². The molecule has 1 amide bonds. The molecule has 0 aliphatic rings. The van der Waals surface area contributed by atoms with Gasteiger partial charge >= 0.3 is 5.63 Å². The van der Waals surface area contributed by atoms with Gasteiger partial charge in [-0.05, 0) is 44.4 Å². The van der Waals surface area contributed by atoms with Gasteiger partial charge in [0.05, 0.1) is 24.0 Å². The molecular weight excluding hydrogens is 374 g/mol. The Morgan fingerprint density at radius 2 is 1.72 bits per heavy atom. The molecule has 0 saturated heterocycles. The summed E-state index contributed by atoms with van der Waals surface area (Å²) in [6.45, 7) is 7.50. The number of aliphatic carboxylic acids is 1. The minimum Gasteiger partial charge on any atom is -0.548 e. The molecule has 3 rings (SSSR count). The van der Waals surface area contributed by atoms with E-state index in [1.165, 1.54) is 0 Å². The summed E-state index contributed by atoms with van der Waals surface area (Å²) in [4.78, 5) is 36.1. The number of carbonyl (C=O) groups is 2. The molecule has 0 aliphatic carbocycles. The number of carbonyl (C=O) groups excluding carboxylic acids is 2. The summed E-state index contributed by atoms with van der Waals surface area (Å²) >= 11 is 0. The number of hydrogen-bond donors (Lipinski definition) is 1. The molecule has 2 heterocycles. The Balaban J connectivity index is 1.95. The molecule has 1 N–H and O–H groups in total. The molecule has 0 saturated carbocycles. The van der Waals surface area contributed by atoms with Crippen LogP contribution in [0.5, 0.6) is 0 Å². The third-order valence-electron chi connectivity index (χ3n) is 5.39. The van der Waals surface area contributed by atoms with Gasteiger partial charge in [-0.15, -0.1) is 0 Å². The largest absolute Gasteiger partial charge is 0.548 e. The zero-order valence-electron chi connectivity index (χ0n) is 17.0. The highest BCUT2D eigenvalue weighted by Crippen LogP contribution is 2.30. The molecule has 0 fully saturated rings. The average Bonchev–Trinajstić information content (AvgIpc) is 2.94. The summed E-state index contributed by atoms with van der Waals surface area (Å²) in [5, 5.41) is 15.3. The van der Waals surface area contributed by atoms with E-state index in [-0.39, 0.29) is 18.4 Å². The fourth-order valence-electron chi connectivity index (χ4n) is 3.49. The molecule has 3 aromatic rings. The standard InChI is InChI=1S/C22H25NO6/c1-5-6-7-17(21(25)26)23-20(24)9-16-12(3)15-8-14-11(2)13(4)28-18(14)10-19(15)29-22(16)27/h8,10,17H,5-7,9H2,1-4H3,(H,23,24)(H,25,26)/p-1/t17-/m1/s1. The van der Waals surface area contributed by atoms with Crippen molar-refractivity contribution in [2.24, 2.45) is 0 Å². The van der Waals surface area contributed by atoms with Crippen molar-refractivity contribution in [1.29, 1.82) is 0 Å². The first-order chi connectivity index (χ1) is 13.7. The molecule has 0 radical (unpaired) electrons. The number of carboxylic acid groups (broad SMARTS) is 1. The maximum Gasteiger partial charge on any atom is 0.340 e. The quantitative estimate of drug-likeness (QED) is 0.612. The van der Waals surface area contributed by atoms with Crippen LogP contribution in [0.1, 0.15) is 48.6 Å². The molecule has 2 aromatic heterocycles. The van der Waals surface area contributed by atoms with Crippen molar-refractivity contribution in [3.05, 3.63) is 45.0 Å². The van der Waals surface area contributed by atoms with Crippen molar-refractivity contribution in [2.75, 3.05) is 0 Å². The van der Waals surface area contributed by atoms with Crippen molar-refractivity contribution < 1.29 is 23.5 Å². The van der Waals surface area contributed by atoms with Crippen LogP contribution >= 0.6 is 0 Å². The number of hydrogen-bond acceptors (Lipinski definition) is 6. The van der Waals surface area contributed by atoms with Crippen molar-refractivity contribution >= 4 is 33.8 Å². The maximum absolute atomic E-state index is 12.5. The minimum atomic E-state index is -1.33. The van der Waals surface area contributed by atoms with E-state index >= 15 is 0 Å². The smallest absolute Gasteiger partial charge is 0.340 e. The van der Waals surface area contributed by atoms with E-state index in [9.17, 15) is 19.5 Å². The van der Waals surface area contributed by atoms with Crippen LogP contribution < -0.4 is 16.0 Å². The molecular formula is C22H24NO6-. The van der Waals surface area contributed by atoms with Crippen LogP contribution in [-0.2, 0) is 16.0 Å². The van der Waals surface area contributed by atoms with Crippen molar-refractivity contribution in [3.63, 3.8) is 0 Å². The van der Waals surface area contributed by atoms with Gasteiger partial charge in [0.25, 0.3) is 0 Å². The second-order valence-electron chi connectivity index (χ2n) is 7.38. The number of amides is 1. The number of nitrogens with one attached hydrogen (secondary N) is 1. The van der Waals surface area contributed by atoms with Gasteiger partial charge in [-0.2, -0.15) is 0 Å². The predicted octanol–water partition coefficient (Wildman–Crippen LogP) is 2.43. The first-order valence-corrected chi connectivity index (χ1v) is 9.69. The predicted molar refractivity (Wildman–Crippen MR) is 107 cm³/mol. The van der Waals surface area contributed by atoms with Crippen LogP contribution in [0.3, 0.4) is 0 Å². The fourth-order valence-corrected chi connectivity index (χ4v) is 3.49. The summed E-state index contributed by atoms with van der Waals surface area (Å²) in [5.74, 6) is -1.10. The molecule has 0 bridgehead atoms. The molecule has 154 valence electrons. The van der Waals surface area contributed by atoms with Crippen molar-refractivity contribution in [1.82, 2.24) is 5.32 Å². The van der Waals surface area contributed by atoms with E-state index in [1.54, 1.807) is 13.0 Å². The molecule has 7 nitrogen and oxygen atoms in total. The number of aryl methyl sites for hydroxylation is 3. The lowest BCUT2D eigenvalue weighted by molar-refractivity contribution is -0.308. The van der Waals surface area contributed by atoms with Gasteiger partial charge < -0.3 is 24.1 Å². The van der Waals surface area contributed by atoms with Crippen LogP contribution in [-0.4, -0.2) is 17.9 Å². The summed E-state index contributed by atoms with van der Waals surface area (Å²) in [6, 6.07) is 2.49. The number of carboxylic acids is 1. The average molecular weight is 398 g/mol. The Hall–Kier alpha value is -3.09. The summed E-state index contributed by atoms with van der Waals surface area (Å²) in [6.07, 6.45) is 1.47. The molecule has 1 aromatic carbocycles. The second-order valence-corrected chi connectivity index (χ2v) is 7.38. The van der Waals surface area contributed by atoms with E-state index in [0.717, 1.165) is 23.1 Å². The van der Waals surface area contributed by atoms with Crippen LogP contribution in [0, 0.1) is 20.8 Å². The zero-order valence-corrected chi connectivity index (χ0v) is 17.0. The summed E-state index contributed by atoms with van der Waals surface area (Å²) < 4.78 is 11.1. The molecule has 0 spiro atoms. The number of rotatable bonds is 7. The van der Waals surface area contributed by atoms with Crippen LogP contribution in [0.4, 0.5) is 0 Å². The van der Waals surface area contributed by atoms with E-state index < -0.39 is 23.5 Å². The van der Waals surface area contributed by atoms with Gasteiger partial charge in [0.2, 0.25) is 5.91 Å². The lowest BCUT2D eigenvalue weighted by atomic mass is 10.0. The topological polar surface area (TPSA) is 113 Å². The van der Waals surface area contributed by atoms with Crippen LogP contribution in [0.15, 0.2) is 25.8 Å². The SMILES string of the molecule is CCCC[C@@H](NC(=O)Cc1c(C)c2cc3c(C)c(C)oc3cc2oc1=O)C(=O)[O-]. The lowest BCUT2D eigenvalue weighted by Gasteiger charge is -2.19. The molecule has 0 unspecified atom stereocenters. The highest BCUT2D eigenvalue weighted by molar-refractivity contribution is 5.97. The third-order valence-corrected chi connectivity index (χ3v) is 5.39. The van der Waals surface area contributed by atoms with E-state index in [4.69, 9.17) is 8.83 Å². The normalized spacial score (nSPS) is 12.4. The number of fused-ring (bicyclic) bond motifs is 2. The van der Waals surface area contributed by atoms with Crippen molar-refractivity contribution in [2.45, 2.75) is 59.4 Å². The number of unbranched alkanes of at least 4 members (excludes halogenated alkanes) is 1. The Morgan fingerprint density at radius 3 is 2.38 bits per heavy atom.